The second-order valence-electron chi connectivity index (χ2n) is 3.60. The number of hydrogen-bond acceptors (Lipinski definition) is 7. The first-order valence-corrected chi connectivity index (χ1v) is 5.15. The zero-order valence-electron chi connectivity index (χ0n) is 10.4. The van der Waals surface area contributed by atoms with Crippen LogP contribution in [0.1, 0.15) is 10.4 Å². The van der Waals surface area contributed by atoms with Crippen molar-refractivity contribution < 1.29 is 19.1 Å². The Kier molecular flexibility index (Phi) is 4.59. The van der Waals surface area contributed by atoms with Crippen LogP contribution in [0.2, 0.25) is 0 Å². The van der Waals surface area contributed by atoms with Gasteiger partial charge in [0.25, 0.3) is 5.56 Å². The Morgan fingerprint density at radius 3 is 2.53 bits per heavy atom. The van der Waals surface area contributed by atoms with Crippen LogP contribution < -0.4 is 17.0 Å². The van der Waals surface area contributed by atoms with Crippen LogP contribution in [0, 0.1) is 0 Å². The van der Waals surface area contributed by atoms with E-state index in [1.165, 1.54) is 14.2 Å². The predicted octanol–water partition coefficient (Wildman–Crippen LogP) is -1.97. The molecule has 1 rings (SSSR count). The van der Waals surface area contributed by atoms with Crippen molar-refractivity contribution in [2.24, 2.45) is 7.05 Å². The fraction of sp³-hybridized carbons (Fsp3) is 0.400. The Balaban J connectivity index is 2.96. The molecule has 0 spiro atoms. The van der Waals surface area contributed by atoms with E-state index in [0.717, 1.165) is 4.57 Å². The molecule has 0 radical (unpaired) electrons. The fourth-order valence-corrected chi connectivity index (χ4v) is 1.28. The number of aromatic nitrogens is 2. The SMILES string of the molecule is COCC(=O)OCC(=O)c1c(N)n(C)c(=O)[nH]c1=O. The zero-order valence-corrected chi connectivity index (χ0v) is 10.4. The van der Waals surface area contributed by atoms with Crippen LogP contribution in [0.3, 0.4) is 0 Å². The second kappa shape index (κ2) is 5.96. The number of nitrogens with zero attached hydrogens (tertiary/aromatic N) is 1. The predicted molar refractivity (Wildman–Crippen MR) is 63.9 cm³/mol. The maximum Gasteiger partial charge on any atom is 0.332 e. The summed E-state index contributed by atoms with van der Waals surface area (Å²) in [7, 11) is 2.58. The molecule has 0 saturated carbocycles. The maximum absolute atomic E-state index is 11.7. The summed E-state index contributed by atoms with van der Waals surface area (Å²) in [4.78, 5) is 47.3. The number of ether oxygens (including phenoxy) is 2. The Hall–Kier alpha value is -2.42. The third kappa shape index (κ3) is 3.28. The lowest BCUT2D eigenvalue weighted by Crippen LogP contribution is -2.36. The van der Waals surface area contributed by atoms with E-state index < -0.39 is 35.2 Å². The summed E-state index contributed by atoms with van der Waals surface area (Å²) in [5.74, 6) is -1.85. The molecule has 19 heavy (non-hydrogen) atoms. The van der Waals surface area contributed by atoms with Crippen LogP contribution >= 0.6 is 0 Å². The van der Waals surface area contributed by atoms with Gasteiger partial charge in [-0.25, -0.2) is 9.59 Å². The number of Topliss-reactive ketones (excluding diaryl/α,β-unsaturated/α-hetero) is 1. The molecule has 104 valence electrons. The van der Waals surface area contributed by atoms with Gasteiger partial charge in [-0.2, -0.15) is 0 Å². The number of nitrogen functional groups attached to an aromatic ring is 1. The van der Waals surface area contributed by atoms with Gasteiger partial charge in [0.1, 0.15) is 18.0 Å². The Morgan fingerprint density at radius 1 is 1.32 bits per heavy atom. The summed E-state index contributed by atoms with van der Waals surface area (Å²) in [5.41, 5.74) is 3.42. The summed E-state index contributed by atoms with van der Waals surface area (Å²) in [6, 6.07) is 0. The highest BCUT2D eigenvalue weighted by Crippen LogP contribution is 2.03. The second-order valence-corrected chi connectivity index (χ2v) is 3.60. The molecular weight excluding hydrogens is 258 g/mol. The highest BCUT2D eigenvalue weighted by molar-refractivity contribution is 6.01. The van der Waals surface area contributed by atoms with Gasteiger partial charge in [-0.3, -0.25) is 19.1 Å². The largest absolute Gasteiger partial charge is 0.456 e. The highest BCUT2D eigenvalue weighted by Gasteiger charge is 2.19. The van der Waals surface area contributed by atoms with E-state index in [1.807, 2.05) is 4.98 Å². The van der Waals surface area contributed by atoms with Crippen LogP contribution in [-0.2, 0) is 21.3 Å². The molecule has 3 N–H and O–H groups in total. The monoisotopic (exact) mass is 271 g/mol. The molecule has 1 aromatic rings. The summed E-state index contributed by atoms with van der Waals surface area (Å²) in [5, 5.41) is 0. The Labute approximate surface area is 106 Å². The first-order chi connectivity index (χ1) is 8.88. The van der Waals surface area contributed by atoms with Crippen molar-refractivity contribution in [1.82, 2.24) is 9.55 Å². The quantitative estimate of drug-likeness (QED) is 0.468. The van der Waals surface area contributed by atoms with Crippen molar-refractivity contribution in [3.63, 3.8) is 0 Å². The van der Waals surface area contributed by atoms with Crippen LogP contribution in [-0.4, -0.2) is 41.6 Å². The summed E-state index contributed by atoms with van der Waals surface area (Å²) in [6.07, 6.45) is 0. The molecule has 1 aromatic heterocycles. The summed E-state index contributed by atoms with van der Waals surface area (Å²) in [6.45, 7) is -0.972. The van der Waals surface area contributed by atoms with Gasteiger partial charge < -0.3 is 15.2 Å². The average molecular weight is 271 g/mol. The number of carbonyl (C=O) groups excluding carboxylic acids is 2. The molecule has 0 bridgehead atoms. The van der Waals surface area contributed by atoms with Crippen molar-refractivity contribution in [1.29, 1.82) is 0 Å². The molecule has 9 heteroatoms. The molecule has 0 aliphatic carbocycles. The maximum atomic E-state index is 11.7. The minimum atomic E-state index is -0.923. The van der Waals surface area contributed by atoms with Gasteiger partial charge in [-0.05, 0) is 0 Å². The van der Waals surface area contributed by atoms with Crippen molar-refractivity contribution in [2.75, 3.05) is 26.1 Å². The molecule has 0 amide bonds. The molecular formula is C10H13N3O6. The lowest BCUT2D eigenvalue weighted by atomic mass is 10.2. The van der Waals surface area contributed by atoms with Gasteiger partial charge in [-0.15, -0.1) is 0 Å². The van der Waals surface area contributed by atoms with Crippen molar-refractivity contribution in [3.05, 3.63) is 26.4 Å². The van der Waals surface area contributed by atoms with Gasteiger partial charge in [-0.1, -0.05) is 0 Å². The third-order valence-corrected chi connectivity index (χ3v) is 2.27. The van der Waals surface area contributed by atoms with Crippen molar-refractivity contribution >= 4 is 17.6 Å². The fourth-order valence-electron chi connectivity index (χ4n) is 1.28. The summed E-state index contributed by atoms with van der Waals surface area (Å²) >= 11 is 0. The molecule has 0 aromatic carbocycles. The number of H-pyrrole nitrogens is 1. The molecule has 0 atom stereocenters. The smallest absolute Gasteiger partial charge is 0.332 e. The Morgan fingerprint density at radius 2 is 1.95 bits per heavy atom. The molecule has 0 aliphatic rings. The van der Waals surface area contributed by atoms with E-state index in [4.69, 9.17) is 5.73 Å². The number of aromatic amines is 1. The number of esters is 1. The van der Waals surface area contributed by atoms with Crippen LogP contribution in [0.25, 0.3) is 0 Å². The van der Waals surface area contributed by atoms with E-state index in [0.29, 0.717) is 0 Å². The molecule has 9 nitrogen and oxygen atoms in total. The van der Waals surface area contributed by atoms with E-state index in [-0.39, 0.29) is 12.4 Å². The first-order valence-electron chi connectivity index (χ1n) is 5.15. The summed E-state index contributed by atoms with van der Waals surface area (Å²) < 4.78 is 9.98. The number of anilines is 1. The minimum absolute atomic E-state index is 0.290. The zero-order chi connectivity index (χ0) is 14.6. The number of ketones is 1. The lowest BCUT2D eigenvalue weighted by Gasteiger charge is -2.08. The van der Waals surface area contributed by atoms with Gasteiger partial charge in [0.2, 0.25) is 5.78 Å². The van der Waals surface area contributed by atoms with Crippen molar-refractivity contribution in [2.45, 2.75) is 0 Å². The molecule has 1 heterocycles. The molecule has 0 unspecified atom stereocenters. The molecule has 0 aliphatic heterocycles. The van der Waals surface area contributed by atoms with Gasteiger partial charge in [0.15, 0.2) is 6.61 Å². The first kappa shape index (κ1) is 14.6. The number of nitrogens with two attached hydrogens (primary N) is 1. The van der Waals surface area contributed by atoms with Gasteiger partial charge in [0.05, 0.1) is 0 Å². The number of carbonyl (C=O) groups is 2. The number of hydrogen-bond donors (Lipinski definition) is 2. The van der Waals surface area contributed by atoms with Crippen LogP contribution in [0.15, 0.2) is 9.59 Å². The average Bonchev–Trinajstić information content (AvgIpc) is 2.34. The van der Waals surface area contributed by atoms with Gasteiger partial charge >= 0.3 is 11.7 Å². The van der Waals surface area contributed by atoms with Crippen LogP contribution in [0.4, 0.5) is 5.82 Å². The highest BCUT2D eigenvalue weighted by atomic mass is 16.6. The molecule has 0 fully saturated rings. The van der Waals surface area contributed by atoms with E-state index in [9.17, 15) is 19.2 Å². The van der Waals surface area contributed by atoms with Crippen molar-refractivity contribution in [3.8, 4) is 0 Å². The van der Waals surface area contributed by atoms with Gasteiger partial charge in [0, 0.05) is 14.2 Å². The molecule has 0 saturated heterocycles. The topological polar surface area (TPSA) is 133 Å². The standard InChI is InChI=1S/C10H13N3O6/c1-13-8(11)7(9(16)12-10(13)17)5(14)3-19-6(15)4-18-2/h3-4,11H2,1-2H3,(H,12,16,17). The number of rotatable bonds is 5. The normalized spacial score (nSPS) is 10.2. The lowest BCUT2D eigenvalue weighted by molar-refractivity contribution is -0.146. The van der Waals surface area contributed by atoms with E-state index in [1.54, 1.807) is 0 Å². The Bertz CT molecular complexity index is 615. The van der Waals surface area contributed by atoms with E-state index in [2.05, 4.69) is 9.47 Å². The third-order valence-electron chi connectivity index (χ3n) is 2.27. The number of methoxy groups -OCH3 is 1. The minimum Gasteiger partial charge on any atom is -0.456 e. The van der Waals surface area contributed by atoms with E-state index >= 15 is 0 Å². The van der Waals surface area contributed by atoms with Crippen LogP contribution in [0.5, 0.6) is 0 Å². The number of nitrogens with one attached hydrogen (secondary N) is 1.